The highest BCUT2D eigenvalue weighted by atomic mass is 16.5. The Balaban J connectivity index is 1.84. The molecule has 3 heteroatoms. The van der Waals surface area contributed by atoms with Gasteiger partial charge in [-0.25, -0.2) is 0 Å². The van der Waals surface area contributed by atoms with E-state index in [0.717, 1.165) is 28.3 Å². The highest BCUT2D eigenvalue weighted by Gasteiger charge is 2.32. The van der Waals surface area contributed by atoms with Gasteiger partial charge in [-0.3, -0.25) is 9.69 Å². The average Bonchev–Trinajstić information content (AvgIpc) is 2.94. The number of rotatable bonds is 3. The van der Waals surface area contributed by atoms with E-state index in [2.05, 4.69) is 0 Å². The predicted molar refractivity (Wildman–Crippen MR) is 101 cm³/mol. The molecule has 3 aromatic carbocycles. The van der Waals surface area contributed by atoms with Gasteiger partial charge in [-0.15, -0.1) is 0 Å². The van der Waals surface area contributed by atoms with Crippen LogP contribution in [0.5, 0.6) is 5.75 Å². The Labute approximate surface area is 146 Å². The maximum atomic E-state index is 13.1. The number of nitrogens with zero attached hydrogens (tertiary/aromatic N) is 1. The molecular formula is C22H17NO2. The largest absolute Gasteiger partial charge is 0.497 e. The van der Waals surface area contributed by atoms with Crippen LogP contribution in [0.1, 0.15) is 11.1 Å². The van der Waals surface area contributed by atoms with Gasteiger partial charge in [0.2, 0.25) is 0 Å². The first-order valence-electron chi connectivity index (χ1n) is 8.12. The number of para-hydroxylation sites is 2. The standard InChI is InChI=1S/C22H17NO2/c1-25-18-11-7-8-16(14-18)15-20-19-12-5-6-13-21(19)23(22(20)24)17-9-3-2-4-10-17/h2-15H,1H3/b20-15+. The second-order valence-corrected chi connectivity index (χ2v) is 5.83. The zero-order valence-corrected chi connectivity index (χ0v) is 13.8. The van der Waals surface area contributed by atoms with Gasteiger partial charge < -0.3 is 4.74 Å². The van der Waals surface area contributed by atoms with E-state index in [9.17, 15) is 4.79 Å². The van der Waals surface area contributed by atoms with Gasteiger partial charge in [-0.1, -0.05) is 48.5 Å². The molecule has 0 unspecified atom stereocenters. The van der Waals surface area contributed by atoms with Crippen molar-refractivity contribution in [2.45, 2.75) is 0 Å². The van der Waals surface area contributed by atoms with Gasteiger partial charge >= 0.3 is 0 Å². The molecule has 4 rings (SSSR count). The van der Waals surface area contributed by atoms with Crippen LogP contribution in [0.2, 0.25) is 0 Å². The van der Waals surface area contributed by atoms with E-state index in [1.54, 1.807) is 12.0 Å². The molecular weight excluding hydrogens is 310 g/mol. The third-order valence-corrected chi connectivity index (χ3v) is 4.29. The molecule has 0 aromatic heterocycles. The Hall–Kier alpha value is -3.33. The number of ether oxygens (including phenoxy) is 1. The maximum absolute atomic E-state index is 13.1. The van der Waals surface area contributed by atoms with E-state index in [1.807, 2.05) is 84.9 Å². The molecule has 1 aliphatic rings. The fourth-order valence-corrected chi connectivity index (χ4v) is 3.11. The molecule has 1 amide bonds. The number of hydrogen-bond donors (Lipinski definition) is 0. The van der Waals surface area contributed by atoms with Crippen molar-refractivity contribution in [2.24, 2.45) is 0 Å². The monoisotopic (exact) mass is 327 g/mol. The quantitative estimate of drug-likeness (QED) is 0.639. The molecule has 122 valence electrons. The van der Waals surface area contributed by atoms with E-state index >= 15 is 0 Å². The summed E-state index contributed by atoms with van der Waals surface area (Å²) in [7, 11) is 1.64. The predicted octanol–water partition coefficient (Wildman–Crippen LogP) is 4.91. The zero-order chi connectivity index (χ0) is 17.2. The van der Waals surface area contributed by atoms with Crippen LogP contribution >= 0.6 is 0 Å². The Morgan fingerprint density at radius 1 is 0.880 bits per heavy atom. The van der Waals surface area contributed by atoms with Gasteiger partial charge in [-0.2, -0.15) is 0 Å². The van der Waals surface area contributed by atoms with Crippen molar-refractivity contribution < 1.29 is 9.53 Å². The minimum atomic E-state index is -0.0183. The number of fused-ring (bicyclic) bond motifs is 1. The molecule has 0 fully saturated rings. The Kier molecular flexibility index (Phi) is 3.82. The normalized spacial score (nSPS) is 14.7. The van der Waals surface area contributed by atoms with Crippen LogP contribution in [-0.2, 0) is 4.79 Å². The number of anilines is 2. The van der Waals surface area contributed by atoms with Crippen molar-refractivity contribution in [2.75, 3.05) is 12.0 Å². The molecule has 0 N–H and O–H groups in total. The minimum Gasteiger partial charge on any atom is -0.497 e. The van der Waals surface area contributed by atoms with Crippen LogP contribution in [0.3, 0.4) is 0 Å². The number of amides is 1. The Morgan fingerprint density at radius 3 is 2.44 bits per heavy atom. The summed E-state index contributed by atoms with van der Waals surface area (Å²) in [5.74, 6) is 0.753. The topological polar surface area (TPSA) is 29.5 Å². The fraction of sp³-hybridized carbons (Fsp3) is 0.0455. The van der Waals surface area contributed by atoms with Crippen LogP contribution in [0.15, 0.2) is 78.9 Å². The smallest absolute Gasteiger partial charge is 0.263 e. The lowest BCUT2D eigenvalue weighted by Crippen LogP contribution is -2.20. The molecule has 1 aliphatic heterocycles. The van der Waals surface area contributed by atoms with Crippen molar-refractivity contribution in [1.29, 1.82) is 0 Å². The third-order valence-electron chi connectivity index (χ3n) is 4.29. The van der Waals surface area contributed by atoms with E-state index in [0.29, 0.717) is 5.57 Å². The van der Waals surface area contributed by atoms with E-state index < -0.39 is 0 Å². The number of hydrogen-bond acceptors (Lipinski definition) is 2. The van der Waals surface area contributed by atoms with Crippen molar-refractivity contribution in [3.05, 3.63) is 90.0 Å². The van der Waals surface area contributed by atoms with Gasteiger partial charge in [0.05, 0.1) is 18.4 Å². The summed E-state index contributed by atoms with van der Waals surface area (Å²) in [4.78, 5) is 14.9. The van der Waals surface area contributed by atoms with Gasteiger partial charge in [0.25, 0.3) is 5.91 Å². The molecule has 0 saturated carbocycles. The first kappa shape index (κ1) is 15.2. The Bertz CT molecular complexity index is 961. The van der Waals surface area contributed by atoms with Crippen LogP contribution in [0.25, 0.3) is 11.6 Å². The number of benzene rings is 3. The molecule has 0 aliphatic carbocycles. The number of carbonyl (C=O) groups is 1. The summed E-state index contributed by atoms with van der Waals surface area (Å²) >= 11 is 0. The number of methoxy groups -OCH3 is 1. The van der Waals surface area contributed by atoms with Gasteiger partial charge in [0, 0.05) is 11.3 Å². The molecule has 3 aromatic rings. The van der Waals surface area contributed by atoms with E-state index in [-0.39, 0.29) is 5.91 Å². The SMILES string of the molecule is COc1cccc(/C=C2/C(=O)N(c3ccccc3)c3ccccc32)c1. The molecule has 0 spiro atoms. The van der Waals surface area contributed by atoms with Gasteiger partial charge in [0.1, 0.15) is 5.75 Å². The van der Waals surface area contributed by atoms with Crippen molar-refractivity contribution in [3.8, 4) is 5.75 Å². The molecule has 0 atom stereocenters. The van der Waals surface area contributed by atoms with E-state index in [1.165, 1.54) is 0 Å². The van der Waals surface area contributed by atoms with Crippen LogP contribution in [0, 0.1) is 0 Å². The van der Waals surface area contributed by atoms with E-state index in [4.69, 9.17) is 4.74 Å². The first-order chi connectivity index (χ1) is 12.3. The molecule has 3 nitrogen and oxygen atoms in total. The second-order valence-electron chi connectivity index (χ2n) is 5.83. The summed E-state index contributed by atoms with van der Waals surface area (Å²) in [6.07, 6.45) is 1.92. The molecule has 0 saturated heterocycles. The average molecular weight is 327 g/mol. The highest BCUT2D eigenvalue weighted by molar-refractivity contribution is 6.37. The summed E-state index contributed by atoms with van der Waals surface area (Å²) in [5.41, 5.74) is 4.35. The first-order valence-corrected chi connectivity index (χ1v) is 8.12. The second kappa shape index (κ2) is 6.29. The third kappa shape index (κ3) is 2.70. The van der Waals surface area contributed by atoms with Crippen LogP contribution < -0.4 is 9.64 Å². The minimum absolute atomic E-state index is 0.0183. The summed E-state index contributed by atoms with van der Waals surface area (Å²) < 4.78 is 5.28. The summed E-state index contributed by atoms with van der Waals surface area (Å²) in [6.45, 7) is 0. The molecule has 0 bridgehead atoms. The van der Waals surface area contributed by atoms with Crippen LogP contribution in [0.4, 0.5) is 11.4 Å². The van der Waals surface area contributed by atoms with Crippen LogP contribution in [-0.4, -0.2) is 13.0 Å². The van der Waals surface area contributed by atoms with Crippen molar-refractivity contribution in [3.63, 3.8) is 0 Å². The lowest BCUT2D eigenvalue weighted by Gasteiger charge is -2.16. The zero-order valence-electron chi connectivity index (χ0n) is 13.8. The molecule has 0 radical (unpaired) electrons. The van der Waals surface area contributed by atoms with Crippen molar-refractivity contribution >= 4 is 28.9 Å². The van der Waals surface area contributed by atoms with Gasteiger partial charge in [-0.05, 0) is 42.0 Å². The summed E-state index contributed by atoms with van der Waals surface area (Å²) in [5, 5.41) is 0. The summed E-state index contributed by atoms with van der Waals surface area (Å²) in [6, 6.07) is 25.3. The molecule has 1 heterocycles. The number of carbonyl (C=O) groups excluding carboxylic acids is 1. The lowest BCUT2D eigenvalue weighted by molar-refractivity contribution is -0.112. The fourth-order valence-electron chi connectivity index (χ4n) is 3.11. The maximum Gasteiger partial charge on any atom is 0.263 e. The highest BCUT2D eigenvalue weighted by Crippen LogP contribution is 2.42. The van der Waals surface area contributed by atoms with Gasteiger partial charge in [0.15, 0.2) is 0 Å². The lowest BCUT2D eigenvalue weighted by atomic mass is 10.0. The van der Waals surface area contributed by atoms with Crippen molar-refractivity contribution in [1.82, 2.24) is 0 Å². The Morgan fingerprint density at radius 2 is 1.64 bits per heavy atom. The molecule has 25 heavy (non-hydrogen) atoms.